The molecule has 0 atom stereocenters. The number of benzene rings is 1. The van der Waals surface area contributed by atoms with Crippen molar-refractivity contribution in [2.45, 2.75) is 46.1 Å². The number of esters is 1. The largest absolute Gasteiger partial charge is 0.457 e. The topological polar surface area (TPSA) is 94.0 Å². The molecule has 168 valence electrons. The zero-order chi connectivity index (χ0) is 23.8. The Kier molecular flexibility index (Phi) is 6.37. The van der Waals surface area contributed by atoms with E-state index in [9.17, 15) is 18.8 Å². The first-order valence-corrected chi connectivity index (χ1v) is 10.3. The van der Waals surface area contributed by atoms with E-state index < -0.39 is 33.8 Å². The molecule has 7 nitrogen and oxygen atoms in total. The number of fused-ring (bicyclic) bond motifs is 1. The van der Waals surface area contributed by atoms with Gasteiger partial charge in [-0.05, 0) is 50.0 Å². The second-order valence-corrected chi connectivity index (χ2v) is 8.89. The minimum Gasteiger partial charge on any atom is -0.457 e. The minimum atomic E-state index is -0.878. The molecule has 2 aromatic heterocycles. The van der Waals surface area contributed by atoms with E-state index in [0.717, 1.165) is 11.6 Å². The Labute approximate surface area is 188 Å². The second-order valence-electron chi connectivity index (χ2n) is 8.53. The smallest absolute Gasteiger partial charge is 0.334 e. The molecule has 32 heavy (non-hydrogen) atoms. The number of H-pyrrole nitrogens is 1. The first kappa shape index (κ1) is 23.4. The average molecular weight is 460 g/mol. The number of hydrogen-bond acceptors (Lipinski definition) is 5. The molecule has 2 heterocycles. The Hall–Kier alpha value is -3.26. The highest BCUT2D eigenvalue weighted by Gasteiger charge is 2.20. The van der Waals surface area contributed by atoms with E-state index in [1.54, 1.807) is 32.9 Å². The lowest BCUT2D eigenvalue weighted by Gasteiger charge is -2.19. The highest BCUT2D eigenvalue weighted by Crippen LogP contribution is 2.29. The maximum atomic E-state index is 14.0. The number of carbonyl (C=O) groups excluding carboxylic acids is 1. The molecule has 0 saturated heterocycles. The Morgan fingerprint density at radius 2 is 1.97 bits per heavy atom. The third-order valence-corrected chi connectivity index (χ3v) is 4.81. The number of aromatic amines is 1. The van der Waals surface area contributed by atoms with Gasteiger partial charge in [0.25, 0.3) is 5.56 Å². The molecule has 0 bridgehead atoms. The van der Waals surface area contributed by atoms with Crippen molar-refractivity contribution in [1.82, 2.24) is 14.5 Å². The molecule has 9 heteroatoms. The van der Waals surface area contributed by atoms with Gasteiger partial charge in [-0.1, -0.05) is 43.6 Å². The second kappa shape index (κ2) is 8.70. The standard InChI is InChI=1S/C23H23ClFN3O4/c1-12(2)14-8-6-7-13(9-10-17(29)32-23(3,4)5)18(14)28-20-15(21(30)27-22(28)31)11-16(25)19(24)26-20/h6-12H,1-5H3,(H,27,30,31)/b10-9+. The zero-order valence-electron chi connectivity index (χ0n) is 18.3. The highest BCUT2D eigenvalue weighted by atomic mass is 35.5. The van der Waals surface area contributed by atoms with Gasteiger partial charge in [0.1, 0.15) is 5.60 Å². The molecule has 0 aliphatic carbocycles. The Morgan fingerprint density at radius 3 is 2.59 bits per heavy atom. The normalized spacial score (nSPS) is 12.1. The summed E-state index contributed by atoms with van der Waals surface area (Å²) in [6.45, 7) is 9.12. The molecule has 0 saturated carbocycles. The van der Waals surface area contributed by atoms with E-state index in [4.69, 9.17) is 16.3 Å². The van der Waals surface area contributed by atoms with Crippen molar-refractivity contribution in [2.75, 3.05) is 0 Å². The van der Waals surface area contributed by atoms with Crippen LogP contribution in [-0.4, -0.2) is 26.1 Å². The fourth-order valence-electron chi connectivity index (χ4n) is 3.25. The number of para-hydroxylation sites is 1. The third kappa shape index (κ3) is 4.80. The summed E-state index contributed by atoms with van der Waals surface area (Å²) in [7, 11) is 0. The van der Waals surface area contributed by atoms with Gasteiger partial charge < -0.3 is 4.74 Å². The number of carbonyl (C=O) groups is 1. The lowest BCUT2D eigenvalue weighted by molar-refractivity contribution is -0.148. The van der Waals surface area contributed by atoms with Crippen molar-refractivity contribution in [3.05, 3.63) is 73.3 Å². The number of nitrogens with zero attached hydrogens (tertiary/aromatic N) is 2. The van der Waals surface area contributed by atoms with E-state index in [1.807, 2.05) is 19.9 Å². The molecule has 0 amide bonds. The number of pyridine rings is 1. The van der Waals surface area contributed by atoms with Crippen LogP contribution in [0.15, 0.2) is 39.9 Å². The van der Waals surface area contributed by atoms with E-state index in [0.29, 0.717) is 11.3 Å². The monoisotopic (exact) mass is 459 g/mol. The van der Waals surface area contributed by atoms with Gasteiger partial charge >= 0.3 is 11.7 Å². The number of rotatable bonds is 4. The predicted molar refractivity (Wildman–Crippen MR) is 122 cm³/mol. The van der Waals surface area contributed by atoms with Gasteiger partial charge in [0, 0.05) is 6.08 Å². The number of halogens is 2. The maximum absolute atomic E-state index is 14.0. The fraction of sp³-hybridized carbons (Fsp3) is 0.304. The number of hydrogen-bond donors (Lipinski definition) is 1. The molecule has 1 N–H and O–H groups in total. The van der Waals surface area contributed by atoms with Crippen LogP contribution < -0.4 is 11.2 Å². The van der Waals surface area contributed by atoms with Crippen LogP contribution in [0, 0.1) is 5.82 Å². The molecular weight excluding hydrogens is 437 g/mol. The van der Waals surface area contributed by atoms with Crippen molar-refractivity contribution in [1.29, 1.82) is 0 Å². The molecule has 3 aromatic rings. The number of ether oxygens (including phenoxy) is 1. The summed E-state index contributed by atoms with van der Waals surface area (Å²) in [5, 5.41) is -0.601. The van der Waals surface area contributed by atoms with Gasteiger partial charge in [0.2, 0.25) is 0 Å². The van der Waals surface area contributed by atoms with Crippen LogP contribution in [0.2, 0.25) is 5.15 Å². The van der Waals surface area contributed by atoms with Crippen molar-refractivity contribution in [3.8, 4) is 5.69 Å². The van der Waals surface area contributed by atoms with Crippen LogP contribution in [0.1, 0.15) is 51.7 Å². The van der Waals surface area contributed by atoms with Crippen LogP contribution in [0.3, 0.4) is 0 Å². The van der Waals surface area contributed by atoms with Crippen LogP contribution in [0.25, 0.3) is 22.8 Å². The summed E-state index contributed by atoms with van der Waals surface area (Å²) in [6.07, 6.45) is 2.77. The lowest BCUT2D eigenvalue weighted by Crippen LogP contribution is -2.31. The molecule has 1 aromatic carbocycles. The van der Waals surface area contributed by atoms with Gasteiger partial charge in [-0.2, -0.15) is 0 Å². The van der Waals surface area contributed by atoms with Crippen LogP contribution in [0.5, 0.6) is 0 Å². The Bertz CT molecular complexity index is 1350. The Morgan fingerprint density at radius 1 is 1.28 bits per heavy atom. The summed E-state index contributed by atoms with van der Waals surface area (Å²) in [5.74, 6) is -1.47. The summed E-state index contributed by atoms with van der Waals surface area (Å²) >= 11 is 5.87. The van der Waals surface area contributed by atoms with E-state index in [2.05, 4.69) is 9.97 Å². The molecule has 0 aliphatic heterocycles. The van der Waals surface area contributed by atoms with Gasteiger partial charge in [0.05, 0.1) is 11.1 Å². The van der Waals surface area contributed by atoms with Crippen molar-refractivity contribution < 1.29 is 13.9 Å². The molecular formula is C23H23ClFN3O4. The lowest BCUT2D eigenvalue weighted by atomic mass is 9.97. The average Bonchev–Trinajstić information content (AvgIpc) is 2.67. The number of nitrogens with one attached hydrogen (secondary N) is 1. The quantitative estimate of drug-likeness (QED) is 0.355. The SMILES string of the molecule is CC(C)c1cccc(/C=C/C(=O)OC(C)(C)C)c1-n1c(=O)[nH]c(=O)c2cc(F)c(Cl)nc21. The van der Waals surface area contributed by atoms with Crippen LogP contribution in [-0.2, 0) is 9.53 Å². The highest BCUT2D eigenvalue weighted by molar-refractivity contribution is 6.29. The van der Waals surface area contributed by atoms with Gasteiger partial charge in [-0.15, -0.1) is 0 Å². The van der Waals surface area contributed by atoms with Gasteiger partial charge in [-0.3, -0.25) is 9.78 Å². The first-order valence-electron chi connectivity index (χ1n) is 9.94. The minimum absolute atomic E-state index is 0.0373. The molecule has 0 fully saturated rings. The number of aromatic nitrogens is 3. The maximum Gasteiger partial charge on any atom is 0.334 e. The van der Waals surface area contributed by atoms with Gasteiger partial charge in [0.15, 0.2) is 16.6 Å². The van der Waals surface area contributed by atoms with E-state index >= 15 is 0 Å². The van der Waals surface area contributed by atoms with Crippen molar-refractivity contribution in [2.24, 2.45) is 0 Å². The van der Waals surface area contributed by atoms with E-state index in [1.165, 1.54) is 16.7 Å². The zero-order valence-corrected chi connectivity index (χ0v) is 19.1. The summed E-state index contributed by atoms with van der Waals surface area (Å²) < 4.78 is 20.5. The summed E-state index contributed by atoms with van der Waals surface area (Å²) in [6, 6.07) is 6.25. The van der Waals surface area contributed by atoms with Crippen molar-refractivity contribution >= 4 is 34.7 Å². The van der Waals surface area contributed by atoms with Gasteiger partial charge in [-0.25, -0.2) is 23.5 Å². The molecule has 0 unspecified atom stereocenters. The van der Waals surface area contributed by atoms with Crippen molar-refractivity contribution in [3.63, 3.8) is 0 Å². The fourth-order valence-corrected chi connectivity index (χ4v) is 3.39. The molecule has 3 rings (SSSR count). The summed E-state index contributed by atoms with van der Waals surface area (Å²) in [4.78, 5) is 43.6. The third-order valence-electron chi connectivity index (χ3n) is 4.54. The Balaban J connectivity index is 2.34. The molecule has 0 radical (unpaired) electrons. The van der Waals surface area contributed by atoms with E-state index in [-0.39, 0.29) is 17.0 Å². The molecule has 0 aliphatic rings. The van der Waals surface area contributed by atoms with Crippen LogP contribution in [0.4, 0.5) is 4.39 Å². The first-order chi connectivity index (χ1) is 14.9. The molecule has 0 spiro atoms. The summed E-state index contributed by atoms with van der Waals surface area (Å²) in [5.41, 5.74) is -0.668. The van der Waals surface area contributed by atoms with Crippen LogP contribution >= 0.6 is 11.6 Å². The predicted octanol–water partition coefficient (Wildman–Crippen LogP) is 4.34.